The van der Waals surface area contributed by atoms with Crippen molar-refractivity contribution in [2.24, 2.45) is 12.0 Å². The number of nitrogens with zero attached hydrogens (tertiary/aromatic N) is 3. The summed E-state index contributed by atoms with van der Waals surface area (Å²) in [5.74, 6) is 0.575. The van der Waals surface area contributed by atoms with E-state index in [1.54, 1.807) is 24.0 Å². The minimum absolute atomic E-state index is 0. The molecule has 9 heteroatoms. The Bertz CT molecular complexity index is 768. The van der Waals surface area contributed by atoms with Crippen molar-refractivity contribution >= 4 is 29.9 Å². The van der Waals surface area contributed by atoms with Gasteiger partial charge in [0.1, 0.15) is 0 Å². The number of hydrogen-bond donors (Lipinski definition) is 2. The van der Waals surface area contributed by atoms with Gasteiger partial charge in [0, 0.05) is 32.3 Å². The highest BCUT2D eigenvalue weighted by Crippen LogP contribution is 2.32. The van der Waals surface area contributed by atoms with E-state index in [0.717, 1.165) is 11.8 Å². The number of guanidine groups is 1. The second-order valence-corrected chi connectivity index (χ2v) is 6.69. The van der Waals surface area contributed by atoms with Gasteiger partial charge in [-0.15, -0.1) is 24.0 Å². The summed E-state index contributed by atoms with van der Waals surface area (Å²) in [6.45, 7) is 4.76. The van der Waals surface area contributed by atoms with Gasteiger partial charge in [-0.1, -0.05) is 32.0 Å². The van der Waals surface area contributed by atoms with E-state index in [1.165, 1.54) is 12.1 Å². The lowest BCUT2D eigenvalue weighted by atomic mass is 9.84. The van der Waals surface area contributed by atoms with Crippen LogP contribution in [0.1, 0.15) is 30.7 Å². The van der Waals surface area contributed by atoms with Gasteiger partial charge in [0.25, 0.3) is 0 Å². The van der Waals surface area contributed by atoms with Gasteiger partial charge in [-0.2, -0.15) is 18.3 Å². The molecule has 0 fully saturated rings. The Morgan fingerprint density at radius 1 is 1.15 bits per heavy atom. The average molecular weight is 495 g/mol. The van der Waals surface area contributed by atoms with Crippen molar-refractivity contribution in [1.29, 1.82) is 0 Å². The van der Waals surface area contributed by atoms with Crippen LogP contribution in [0, 0.1) is 0 Å². The van der Waals surface area contributed by atoms with Crippen LogP contribution in [0.2, 0.25) is 0 Å². The highest BCUT2D eigenvalue weighted by Gasteiger charge is 2.32. The van der Waals surface area contributed by atoms with E-state index < -0.39 is 17.2 Å². The van der Waals surface area contributed by atoms with Crippen LogP contribution >= 0.6 is 24.0 Å². The summed E-state index contributed by atoms with van der Waals surface area (Å²) < 4.78 is 40.6. The Morgan fingerprint density at radius 3 is 2.37 bits per heavy atom. The van der Waals surface area contributed by atoms with E-state index in [-0.39, 0.29) is 24.0 Å². The molecule has 150 valence electrons. The number of rotatable bonds is 5. The maximum absolute atomic E-state index is 12.9. The molecule has 1 aromatic heterocycles. The lowest BCUT2D eigenvalue weighted by Crippen LogP contribution is -2.43. The van der Waals surface area contributed by atoms with Crippen LogP contribution in [-0.2, 0) is 25.2 Å². The SMILES string of the molecule is CN=C(NCc1ccnn1C)NCC(C)(C)c1cccc(C(F)(F)F)c1.I. The highest BCUT2D eigenvalue weighted by atomic mass is 127. The summed E-state index contributed by atoms with van der Waals surface area (Å²) in [6.07, 6.45) is -2.63. The van der Waals surface area contributed by atoms with Gasteiger partial charge >= 0.3 is 6.18 Å². The first kappa shape index (κ1) is 23.3. The molecule has 27 heavy (non-hydrogen) atoms. The molecule has 0 bridgehead atoms. The summed E-state index contributed by atoms with van der Waals surface area (Å²) in [4.78, 5) is 4.16. The number of alkyl halides is 3. The standard InChI is InChI=1S/C18H24F3N5.HI/c1-17(2,13-6-5-7-14(10-13)18(19,20)21)12-24-16(22-3)23-11-15-8-9-25-26(15)4;/h5-10H,11-12H2,1-4H3,(H2,22,23,24);1H. The minimum Gasteiger partial charge on any atom is -0.356 e. The van der Waals surface area contributed by atoms with Gasteiger partial charge in [0.15, 0.2) is 5.96 Å². The van der Waals surface area contributed by atoms with E-state index in [2.05, 4.69) is 20.7 Å². The molecule has 0 amide bonds. The number of benzene rings is 1. The van der Waals surface area contributed by atoms with Crippen molar-refractivity contribution in [3.63, 3.8) is 0 Å². The van der Waals surface area contributed by atoms with Gasteiger partial charge in [-0.05, 0) is 17.7 Å². The highest BCUT2D eigenvalue weighted by molar-refractivity contribution is 14.0. The lowest BCUT2D eigenvalue weighted by Gasteiger charge is -2.27. The van der Waals surface area contributed by atoms with Crippen molar-refractivity contribution in [2.45, 2.75) is 32.0 Å². The second kappa shape index (κ2) is 9.43. The molecule has 2 rings (SSSR count). The molecule has 2 N–H and O–H groups in total. The normalized spacial score (nSPS) is 12.5. The zero-order valence-corrected chi connectivity index (χ0v) is 18.1. The summed E-state index contributed by atoms with van der Waals surface area (Å²) in [5.41, 5.74) is 0.458. The van der Waals surface area contributed by atoms with Gasteiger partial charge < -0.3 is 10.6 Å². The zero-order chi connectivity index (χ0) is 19.4. The van der Waals surface area contributed by atoms with Gasteiger partial charge in [0.05, 0.1) is 17.8 Å². The fourth-order valence-corrected chi connectivity index (χ4v) is 2.49. The molecule has 0 aliphatic heterocycles. The van der Waals surface area contributed by atoms with Crippen LogP contribution in [-0.4, -0.2) is 29.3 Å². The number of aryl methyl sites for hydroxylation is 1. The van der Waals surface area contributed by atoms with E-state index >= 15 is 0 Å². The molecule has 1 heterocycles. The average Bonchev–Trinajstić information content (AvgIpc) is 2.99. The predicted molar refractivity (Wildman–Crippen MR) is 111 cm³/mol. The zero-order valence-electron chi connectivity index (χ0n) is 15.8. The molecule has 1 aromatic carbocycles. The third-order valence-corrected chi connectivity index (χ3v) is 4.25. The Balaban J connectivity index is 0.00000364. The smallest absolute Gasteiger partial charge is 0.356 e. The third kappa shape index (κ3) is 6.40. The van der Waals surface area contributed by atoms with Gasteiger partial charge in [-0.25, -0.2) is 0 Å². The minimum atomic E-state index is -4.35. The monoisotopic (exact) mass is 495 g/mol. The van der Waals surface area contributed by atoms with Crippen LogP contribution in [0.5, 0.6) is 0 Å². The van der Waals surface area contributed by atoms with Gasteiger partial charge in [0.2, 0.25) is 0 Å². The summed E-state index contributed by atoms with van der Waals surface area (Å²) in [6, 6.07) is 7.33. The summed E-state index contributed by atoms with van der Waals surface area (Å²) in [7, 11) is 3.50. The Morgan fingerprint density at radius 2 is 1.81 bits per heavy atom. The molecular formula is C18H25F3IN5. The predicted octanol–water partition coefficient (Wildman–Crippen LogP) is 3.70. The Labute approximate surface area is 174 Å². The number of aliphatic imine (C=N–C) groups is 1. The lowest BCUT2D eigenvalue weighted by molar-refractivity contribution is -0.137. The topological polar surface area (TPSA) is 54.2 Å². The number of aromatic nitrogens is 2. The molecule has 0 aliphatic rings. The molecule has 0 unspecified atom stereocenters. The summed E-state index contributed by atoms with van der Waals surface area (Å²) in [5, 5.41) is 10.4. The summed E-state index contributed by atoms with van der Waals surface area (Å²) >= 11 is 0. The Hall–Kier alpha value is -1.78. The number of nitrogens with one attached hydrogen (secondary N) is 2. The van der Waals surface area contributed by atoms with Crippen LogP contribution in [0.4, 0.5) is 13.2 Å². The largest absolute Gasteiger partial charge is 0.416 e. The van der Waals surface area contributed by atoms with Crippen LogP contribution in [0.15, 0.2) is 41.5 Å². The maximum Gasteiger partial charge on any atom is 0.416 e. The first-order chi connectivity index (χ1) is 12.1. The van der Waals surface area contributed by atoms with Gasteiger partial charge in [-0.3, -0.25) is 9.67 Å². The van der Waals surface area contributed by atoms with E-state index in [9.17, 15) is 13.2 Å². The van der Waals surface area contributed by atoms with Crippen molar-refractivity contribution < 1.29 is 13.2 Å². The molecule has 0 saturated carbocycles. The quantitative estimate of drug-likeness (QED) is 0.378. The van der Waals surface area contributed by atoms with E-state index in [4.69, 9.17) is 0 Å². The number of hydrogen-bond acceptors (Lipinski definition) is 2. The first-order valence-electron chi connectivity index (χ1n) is 8.22. The van der Waals surface area contributed by atoms with Crippen LogP contribution in [0.25, 0.3) is 0 Å². The maximum atomic E-state index is 12.9. The van der Waals surface area contributed by atoms with Crippen molar-refractivity contribution in [2.75, 3.05) is 13.6 Å². The van der Waals surface area contributed by atoms with Crippen LogP contribution in [0.3, 0.4) is 0 Å². The molecule has 0 radical (unpaired) electrons. The fourth-order valence-electron chi connectivity index (χ4n) is 2.49. The second-order valence-electron chi connectivity index (χ2n) is 6.69. The molecule has 0 aliphatic carbocycles. The molecular weight excluding hydrogens is 470 g/mol. The molecule has 0 atom stereocenters. The van der Waals surface area contributed by atoms with Crippen LogP contribution < -0.4 is 10.6 Å². The first-order valence-corrected chi connectivity index (χ1v) is 8.22. The third-order valence-electron chi connectivity index (χ3n) is 4.25. The Kier molecular flexibility index (Phi) is 8.12. The van der Waals surface area contributed by atoms with Crippen molar-refractivity contribution in [1.82, 2.24) is 20.4 Å². The van der Waals surface area contributed by atoms with E-state index in [0.29, 0.717) is 24.6 Å². The molecule has 2 aromatic rings. The van der Waals surface area contributed by atoms with Crippen molar-refractivity contribution in [3.8, 4) is 0 Å². The molecule has 0 spiro atoms. The number of halogens is 4. The fraction of sp³-hybridized carbons (Fsp3) is 0.444. The van der Waals surface area contributed by atoms with Crippen molar-refractivity contribution in [3.05, 3.63) is 53.3 Å². The molecule has 0 saturated heterocycles. The van der Waals surface area contributed by atoms with E-state index in [1.807, 2.05) is 27.0 Å². The molecule has 5 nitrogen and oxygen atoms in total.